The molecule has 0 saturated carbocycles. The number of carbonyl (C=O) groups is 1. The van der Waals surface area contributed by atoms with E-state index in [4.69, 9.17) is 16.3 Å². The molecule has 0 atom stereocenters. The largest absolute Gasteiger partial charge is 0.461 e. The number of benzene rings is 1. The predicted octanol–water partition coefficient (Wildman–Crippen LogP) is 4.07. The van der Waals surface area contributed by atoms with Gasteiger partial charge in [-0.3, -0.25) is 9.55 Å². The Labute approximate surface area is 144 Å². The molecule has 3 aromatic rings. The second kappa shape index (κ2) is 6.84. The van der Waals surface area contributed by atoms with E-state index < -0.39 is 5.97 Å². The van der Waals surface area contributed by atoms with Gasteiger partial charge < -0.3 is 4.74 Å². The molecule has 0 aliphatic carbocycles. The molecule has 1 aromatic carbocycles. The van der Waals surface area contributed by atoms with Crippen LogP contribution in [0.1, 0.15) is 23.0 Å². The van der Waals surface area contributed by atoms with E-state index in [-0.39, 0.29) is 5.69 Å². The Kier molecular flexibility index (Phi) is 4.62. The molecule has 0 radical (unpaired) electrons. The van der Waals surface area contributed by atoms with Gasteiger partial charge in [0.1, 0.15) is 5.69 Å². The van der Waals surface area contributed by atoms with Crippen molar-refractivity contribution in [2.75, 3.05) is 6.61 Å². The number of rotatable bonds is 4. The molecule has 0 N–H and O–H groups in total. The van der Waals surface area contributed by atoms with E-state index in [2.05, 4.69) is 9.97 Å². The summed E-state index contributed by atoms with van der Waals surface area (Å²) in [4.78, 5) is 20.8. The fraction of sp³-hybridized carbons (Fsp3) is 0.167. The van der Waals surface area contributed by atoms with Crippen molar-refractivity contribution in [3.63, 3.8) is 0 Å². The quantitative estimate of drug-likeness (QED) is 0.671. The lowest BCUT2D eigenvalue weighted by molar-refractivity contribution is 0.0520. The van der Waals surface area contributed by atoms with E-state index in [1.54, 1.807) is 19.3 Å². The molecule has 0 spiro atoms. The molecule has 0 aliphatic rings. The average molecular weight is 342 g/mol. The highest BCUT2D eigenvalue weighted by molar-refractivity contribution is 6.30. The van der Waals surface area contributed by atoms with Gasteiger partial charge in [0.05, 0.1) is 12.3 Å². The van der Waals surface area contributed by atoms with E-state index in [1.165, 1.54) is 0 Å². The summed E-state index contributed by atoms with van der Waals surface area (Å²) in [5.74, 6) is 0.0946. The first-order valence-corrected chi connectivity index (χ1v) is 7.92. The summed E-state index contributed by atoms with van der Waals surface area (Å²) in [5.41, 5.74) is 2.74. The second-order valence-electron chi connectivity index (χ2n) is 5.19. The van der Waals surface area contributed by atoms with Crippen molar-refractivity contribution in [2.24, 2.45) is 0 Å². The number of halogens is 1. The van der Waals surface area contributed by atoms with Crippen molar-refractivity contribution in [1.82, 2.24) is 14.5 Å². The van der Waals surface area contributed by atoms with Crippen molar-refractivity contribution >= 4 is 17.6 Å². The van der Waals surface area contributed by atoms with Gasteiger partial charge in [0.15, 0.2) is 11.5 Å². The number of nitrogens with zero attached hydrogens (tertiary/aromatic N) is 3. The lowest BCUT2D eigenvalue weighted by Gasteiger charge is -2.10. The Bertz CT molecular complexity index is 875. The van der Waals surface area contributed by atoms with Gasteiger partial charge in [-0.1, -0.05) is 23.7 Å². The number of hydrogen-bond acceptors (Lipinski definition) is 4. The molecule has 0 amide bonds. The average Bonchev–Trinajstić information content (AvgIpc) is 3.03. The van der Waals surface area contributed by atoms with Gasteiger partial charge in [0.2, 0.25) is 0 Å². The minimum Gasteiger partial charge on any atom is -0.461 e. The van der Waals surface area contributed by atoms with E-state index in [0.29, 0.717) is 23.1 Å². The summed E-state index contributed by atoms with van der Waals surface area (Å²) in [7, 11) is 0. The number of pyridine rings is 1. The third-order valence-corrected chi connectivity index (χ3v) is 3.75. The van der Waals surface area contributed by atoms with Gasteiger partial charge in [-0.05, 0) is 43.7 Å². The molecule has 122 valence electrons. The summed E-state index contributed by atoms with van der Waals surface area (Å²) in [6, 6.07) is 11.1. The molecule has 6 heteroatoms. The first kappa shape index (κ1) is 16.2. The molecular weight excluding hydrogens is 326 g/mol. The number of esters is 1. The molecule has 0 bridgehead atoms. The van der Waals surface area contributed by atoms with Gasteiger partial charge in [-0.2, -0.15) is 0 Å². The Morgan fingerprint density at radius 2 is 2.12 bits per heavy atom. The third kappa shape index (κ3) is 3.16. The Morgan fingerprint density at radius 1 is 1.29 bits per heavy atom. The number of aryl methyl sites for hydroxylation is 1. The number of imidazole rings is 1. The number of ether oxygens (including phenoxy) is 1. The Balaban J connectivity index is 2.20. The molecular formula is C18H16ClN3O2. The van der Waals surface area contributed by atoms with Crippen LogP contribution < -0.4 is 0 Å². The third-order valence-electron chi connectivity index (χ3n) is 3.52. The minimum atomic E-state index is -0.465. The predicted molar refractivity (Wildman–Crippen MR) is 92.5 cm³/mol. The van der Waals surface area contributed by atoms with Gasteiger partial charge in [-0.25, -0.2) is 9.78 Å². The molecule has 0 aliphatic heterocycles. The van der Waals surface area contributed by atoms with Crippen LogP contribution in [0.3, 0.4) is 0 Å². The number of hydrogen-bond donors (Lipinski definition) is 0. The van der Waals surface area contributed by atoms with E-state index in [0.717, 1.165) is 11.3 Å². The molecule has 5 nitrogen and oxygen atoms in total. The van der Waals surface area contributed by atoms with Crippen LogP contribution in [0.5, 0.6) is 0 Å². The molecule has 3 rings (SSSR count). The Morgan fingerprint density at radius 3 is 2.83 bits per heavy atom. The molecule has 0 unspecified atom stereocenters. The molecule has 24 heavy (non-hydrogen) atoms. The van der Waals surface area contributed by atoms with Crippen LogP contribution in [0.25, 0.3) is 17.2 Å². The van der Waals surface area contributed by atoms with Crippen molar-refractivity contribution in [1.29, 1.82) is 0 Å². The van der Waals surface area contributed by atoms with Crippen LogP contribution >= 0.6 is 11.6 Å². The highest BCUT2D eigenvalue weighted by atomic mass is 35.5. The summed E-state index contributed by atoms with van der Waals surface area (Å²) in [6.07, 6.45) is 3.34. The second-order valence-corrected chi connectivity index (χ2v) is 5.62. The lowest BCUT2D eigenvalue weighted by atomic mass is 10.2. The maximum Gasteiger partial charge on any atom is 0.358 e. The van der Waals surface area contributed by atoms with Gasteiger partial charge in [-0.15, -0.1) is 0 Å². The maximum absolute atomic E-state index is 12.1. The van der Waals surface area contributed by atoms with Crippen molar-refractivity contribution in [3.05, 3.63) is 65.1 Å². The molecule has 2 heterocycles. The smallest absolute Gasteiger partial charge is 0.358 e. The highest BCUT2D eigenvalue weighted by Gasteiger charge is 2.19. The van der Waals surface area contributed by atoms with Crippen molar-refractivity contribution < 1.29 is 9.53 Å². The molecule has 2 aromatic heterocycles. The monoisotopic (exact) mass is 341 g/mol. The van der Waals surface area contributed by atoms with Crippen LogP contribution in [0, 0.1) is 6.92 Å². The van der Waals surface area contributed by atoms with Crippen molar-refractivity contribution in [2.45, 2.75) is 13.8 Å². The number of carbonyl (C=O) groups excluding carboxylic acids is 1. The van der Waals surface area contributed by atoms with Crippen LogP contribution in [0.2, 0.25) is 5.02 Å². The van der Waals surface area contributed by atoms with Gasteiger partial charge >= 0.3 is 5.97 Å². The summed E-state index contributed by atoms with van der Waals surface area (Å²) >= 11 is 6.14. The van der Waals surface area contributed by atoms with Gasteiger partial charge in [0, 0.05) is 17.4 Å². The maximum atomic E-state index is 12.1. The number of aromatic nitrogens is 3. The fourth-order valence-corrected chi connectivity index (χ4v) is 2.55. The SMILES string of the molecule is CCOC(=O)c1cn(-c2cc(Cl)ccc2C)c(-c2ccccn2)n1. The van der Waals surface area contributed by atoms with E-state index in [9.17, 15) is 4.79 Å². The molecule has 0 fully saturated rings. The normalized spacial score (nSPS) is 10.6. The van der Waals surface area contributed by atoms with Crippen molar-refractivity contribution in [3.8, 4) is 17.2 Å². The zero-order chi connectivity index (χ0) is 17.1. The topological polar surface area (TPSA) is 57.0 Å². The zero-order valence-corrected chi connectivity index (χ0v) is 14.1. The Hall–Kier alpha value is -2.66. The van der Waals surface area contributed by atoms with E-state index >= 15 is 0 Å². The minimum absolute atomic E-state index is 0.233. The van der Waals surface area contributed by atoms with Crippen LogP contribution in [0.4, 0.5) is 0 Å². The molecule has 0 saturated heterocycles. The van der Waals surface area contributed by atoms with Crippen LogP contribution in [-0.2, 0) is 4.74 Å². The standard InChI is InChI=1S/C18H16ClN3O2/c1-3-24-18(23)15-11-22(16-10-13(19)8-7-12(16)2)17(21-15)14-6-4-5-9-20-14/h4-11H,3H2,1-2H3. The fourth-order valence-electron chi connectivity index (χ4n) is 2.39. The first-order chi connectivity index (χ1) is 11.6. The highest BCUT2D eigenvalue weighted by Crippen LogP contribution is 2.26. The summed E-state index contributed by atoms with van der Waals surface area (Å²) in [6.45, 7) is 4.02. The van der Waals surface area contributed by atoms with Gasteiger partial charge in [0.25, 0.3) is 0 Å². The summed E-state index contributed by atoms with van der Waals surface area (Å²) in [5, 5.41) is 0.606. The lowest BCUT2D eigenvalue weighted by Crippen LogP contribution is -2.04. The van der Waals surface area contributed by atoms with E-state index in [1.807, 2.05) is 47.9 Å². The first-order valence-electron chi connectivity index (χ1n) is 7.54. The van der Waals surface area contributed by atoms with Crippen LogP contribution in [0.15, 0.2) is 48.8 Å². The zero-order valence-electron chi connectivity index (χ0n) is 13.4. The van der Waals surface area contributed by atoms with Crippen LogP contribution in [-0.4, -0.2) is 27.1 Å². The summed E-state index contributed by atoms with van der Waals surface area (Å²) < 4.78 is 6.88.